The predicted molar refractivity (Wildman–Crippen MR) is 107 cm³/mol. The van der Waals surface area contributed by atoms with Crippen LogP contribution < -0.4 is 5.32 Å². The van der Waals surface area contributed by atoms with Gasteiger partial charge in [0.1, 0.15) is 0 Å². The molecule has 1 spiro atoms. The zero-order valence-electron chi connectivity index (χ0n) is 16.9. The molecule has 0 bridgehead atoms. The molecule has 2 fully saturated rings. The molecule has 2 amide bonds. The number of nitriles is 1. The maximum atomic E-state index is 12.6. The Morgan fingerprint density at radius 3 is 2.50 bits per heavy atom. The van der Waals surface area contributed by atoms with Crippen molar-refractivity contribution in [3.63, 3.8) is 0 Å². The van der Waals surface area contributed by atoms with Gasteiger partial charge in [0.15, 0.2) is 0 Å². The third kappa shape index (κ3) is 4.05. The van der Waals surface area contributed by atoms with Crippen LogP contribution >= 0.6 is 0 Å². The summed E-state index contributed by atoms with van der Waals surface area (Å²) in [4.78, 5) is 28.6. The van der Waals surface area contributed by atoms with E-state index in [-0.39, 0.29) is 35.7 Å². The maximum Gasteiger partial charge on any atom is 0.239 e. The zero-order valence-corrected chi connectivity index (χ0v) is 16.9. The number of likely N-dealkylation sites (tertiary alicyclic amines) is 1. The standard InChI is InChI=1S/C22H30N4O2/c1-25(2)22(18-7-4-3-5-8-18)11-9-21(10-12-22)15-20(28)26(17-21)16-19(27)24-14-6-13-23/h3-5,7-8H,6,9-12,14-17H2,1-2H3,(H,24,27). The minimum Gasteiger partial charge on any atom is -0.354 e. The molecule has 28 heavy (non-hydrogen) atoms. The lowest BCUT2D eigenvalue weighted by atomic mass is 9.64. The summed E-state index contributed by atoms with van der Waals surface area (Å²) in [6.07, 6.45) is 4.82. The third-order valence-electron chi connectivity index (χ3n) is 6.60. The van der Waals surface area contributed by atoms with Gasteiger partial charge in [-0.15, -0.1) is 0 Å². The van der Waals surface area contributed by atoms with Crippen LogP contribution in [-0.2, 0) is 15.1 Å². The van der Waals surface area contributed by atoms with E-state index in [2.05, 4.69) is 48.6 Å². The molecule has 0 unspecified atom stereocenters. The van der Waals surface area contributed by atoms with Gasteiger partial charge >= 0.3 is 0 Å². The number of nitrogens with one attached hydrogen (secondary N) is 1. The smallest absolute Gasteiger partial charge is 0.239 e. The highest BCUT2D eigenvalue weighted by atomic mass is 16.2. The van der Waals surface area contributed by atoms with Crippen molar-refractivity contribution in [1.29, 1.82) is 5.26 Å². The molecule has 0 aromatic heterocycles. The maximum absolute atomic E-state index is 12.6. The Hall–Kier alpha value is -2.39. The Balaban J connectivity index is 1.64. The van der Waals surface area contributed by atoms with Crippen molar-refractivity contribution < 1.29 is 9.59 Å². The van der Waals surface area contributed by atoms with Crippen molar-refractivity contribution in [2.24, 2.45) is 5.41 Å². The molecule has 3 rings (SSSR count). The van der Waals surface area contributed by atoms with E-state index in [0.29, 0.717) is 19.5 Å². The number of carbonyl (C=O) groups excluding carboxylic acids is 2. The molecule has 1 saturated carbocycles. The quantitative estimate of drug-likeness (QED) is 0.766. The first kappa shape index (κ1) is 20.3. The van der Waals surface area contributed by atoms with E-state index in [0.717, 1.165) is 25.7 Å². The summed E-state index contributed by atoms with van der Waals surface area (Å²) >= 11 is 0. The molecular weight excluding hydrogens is 352 g/mol. The summed E-state index contributed by atoms with van der Waals surface area (Å²) in [6, 6.07) is 12.6. The molecule has 6 heteroatoms. The van der Waals surface area contributed by atoms with Gasteiger partial charge in [0.25, 0.3) is 0 Å². The predicted octanol–water partition coefficient (Wildman–Crippen LogP) is 2.27. The van der Waals surface area contributed by atoms with Gasteiger partial charge in [-0.05, 0) is 50.8 Å². The molecule has 2 aliphatic rings. The minimum absolute atomic E-state index is 0.0116. The van der Waals surface area contributed by atoms with Crippen LogP contribution in [0.3, 0.4) is 0 Å². The second-order valence-electron chi connectivity index (χ2n) is 8.48. The van der Waals surface area contributed by atoms with Crippen LogP contribution in [0.5, 0.6) is 0 Å². The molecule has 1 heterocycles. The number of carbonyl (C=O) groups is 2. The molecule has 1 aromatic carbocycles. The van der Waals surface area contributed by atoms with Gasteiger partial charge in [0.2, 0.25) is 11.8 Å². The molecule has 1 N–H and O–H groups in total. The highest BCUT2D eigenvalue weighted by molar-refractivity contribution is 5.86. The van der Waals surface area contributed by atoms with Crippen molar-refractivity contribution in [1.82, 2.24) is 15.1 Å². The molecule has 0 atom stereocenters. The molecule has 1 aliphatic carbocycles. The second-order valence-corrected chi connectivity index (χ2v) is 8.48. The molecule has 1 saturated heterocycles. The summed E-state index contributed by atoms with van der Waals surface area (Å²) in [5.74, 6) is -0.101. The summed E-state index contributed by atoms with van der Waals surface area (Å²) in [6.45, 7) is 1.10. The van der Waals surface area contributed by atoms with Crippen LogP contribution in [0.15, 0.2) is 30.3 Å². The van der Waals surface area contributed by atoms with E-state index >= 15 is 0 Å². The lowest BCUT2D eigenvalue weighted by Crippen LogP contribution is -2.47. The molecule has 6 nitrogen and oxygen atoms in total. The number of amides is 2. The summed E-state index contributed by atoms with van der Waals surface area (Å²) in [7, 11) is 4.28. The van der Waals surface area contributed by atoms with Crippen LogP contribution in [0.1, 0.15) is 44.1 Å². The molecule has 150 valence electrons. The first-order chi connectivity index (χ1) is 13.4. The van der Waals surface area contributed by atoms with Crippen molar-refractivity contribution in [2.45, 2.75) is 44.1 Å². The number of hydrogen-bond donors (Lipinski definition) is 1. The van der Waals surface area contributed by atoms with Crippen LogP contribution in [0, 0.1) is 16.7 Å². The fourth-order valence-electron chi connectivity index (χ4n) is 4.88. The van der Waals surface area contributed by atoms with Crippen LogP contribution in [0.25, 0.3) is 0 Å². The number of nitrogens with zero attached hydrogens (tertiary/aromatic N) is 3. The summed E-state index contributed by atoms with van der Waals surface area (Å²) in [5, 5.41) is 11.3. The Labute approximate surface area is 167 Å². The highest BCUT2D eigenvalue weighted by Crippen LogP contribution is 2.51. The fraction of sp³-hybridized carbons (Fsp3) is 0.591. The Morgan fingerprint density at radius 2 is 1.89 bits per heavy atom. The van der Waals surface area contributed by atoms with Gasteiger partial charge in [0, 0.05) is 25.0 Å². The Morgan fingerprint density at radius 1 is 1.21 bits per heavy atom. The molecular formula is C22H30N4O2. The monoisotopic (exact) mass is 382 g/mol. The van der Waals surface area contributed by atoms with Gasteiger partial charge in [0.05, 0.1) is 19.0 Å². The first-order valence-electron chi connectivity index (χ1n) is 10.1. The molecule has 1 aromatic rings. The topological polar surface area (TPSA) is 76.4 Å². The van der Waals surface area contributed by atoms with Gasteiger partial charge in [-0.25, -0.2) is 0 Å². The highest BCUT2D eigenvalue weighted by Gasteiger charge is 2.50. The number of rotatable bonds is 6. The zero-order chi connectivity index (χ0) is 20.2. The summed E-state index contributed by atoms with van der Waals surface area (Å²) < 4.78 is 0. The Bertz CT molecular complexity index is 746. The van der Waals surface area contributed by atoms with Crippen molar-refractivity contribution >= 4 is 11.8 Å². The van der Waals surface area contributed by atoms with E-state index in [9.17, 15) is 9.59 Å². The lowest BCUT2D eigenvalue weighted by Gasteiger charge is -2.48. The lowest BCUT2D eigenvalue weighted by molar-refractivity contribution is -0.133. The van der Waals surface area contributed by atoms with Crippen LogP contribution in [0.2, 0.25) is 0 Å². The summed E-state index contributed by atoms with van der Waals surface area (Å²) in [5.41, 5.74) is 1.34. The number of benzene rings is 1. The second kappa shape index (κ2) is 8.32. The third-order valence-corrected chi connectivity index (χ3v) is 6.60. The van der Waals surface area contributed by atoms with Crippen LogP contribution in [-0.4, -0.2) is 55.3 Å². The van der Waals surface area contributed by atoms with Gasteiger partial charge in [-0.2, -0.15) is 5.26 Å². The van der Waals surface area contributed by atoms with E-state index < -0.39 is 0 Å². The molecule has 0 radical (unpaired) electrons. The van der Waals surface area contributed by atoms with Crippen molar-refractivity contribution in [2.75, 3.05) is 33.7 Å². The Kier molecular flexibility index (Phi) is 6.04. The molecule has 1 aliphatic heterocycles. The van der Waals surface area contributed by atoms with Gasteiger partial charge in [-0.1, -0.05) is 30.3 Å². The van der Waals surface area contributed by atoms with E-state index in [4.69, 9.17) is 5.26 Å². The fourth-order valence-corrected chi connectivity index (χ4v) is 4.88. The normalized spacial score (nSPS) is 27.2. The van der Waals surface area contributed by atoms with Crippen LogP contribution in [0.4, 0.5) is 0 Å². The average molecular weight is 383 g/mol. The van der Waals surface area contributed by atoms with Gasteiger partial charge < -0.3 is 10.2 Å². The van der Waals surface area contributed by atoms with E-state index in [1.165, 1.54) is 5.56 Å². The van der Waals surface area contributed by atoms with E-state index in [1.54, 1.807) is 4.90 Å². The van der Waals surface area contributed by atoms with Crippen molar-refractivity contribution in [3.8, 4) is 6.07 Å². The van der Waals surface area contributed by atoms with Gasteiger partial charge in [-0.3, -0.25) is 14.5 Å². The largest absolute Gasteiger partial charge is 0.354 e. The van der Waals surface area contributed by atoms with E-state index in [1.807, 2.05) is 12.1 Å². The number of hydrogen-bond acceptors (Lipinski definition) is 4. The average Bonchev–Trinajstić information content (AvgIpc) is 2.98. The SMILES string of the molecule is CN(C)C1(c2ccccc2)CCC2(CC1)CC(=O)N(CC(=O)NCCC#N)C2. The minimum atomic E-state index is -0.177. The van der Waals surface area contributed by atoms with Crippen molar-refractivity contribution in [3.05, 3.63) is 35.9 Å². The first-order valence-corrected chi connectivity index (χ1v) is 10.1.